The largest absolute Gasteiger partial charge is 0.445 e. The van der Waals surface area contributed by atoms with Crippen molar-refractivity contribution in [1.29, 1.82) is 0 Å². The molecule has 3 atom stereocenters. The predicted molar refractivity (Wildman–Crippen MR) is 125 cm³/mol. The van der Waals surface area contributed by atoms with E-state index in [1.165, 1.54) is 24.8 Å². The van der Waals surface area contributed by atoms with Crippen LogP contribution < -0.4 is 5.32 Å². The molecule has 4 nitrogen and oxygen atoms in total. The number of amides is 1. The number of nitrogens with zero attached hydrogens (tertiary/aromatic N) is 1. The monoisotopic (exact) mass is 438 g/mol. The SMILES string of the molecule is O=C(N[C@@H]1CCCC[C@H]1CN1CCC[C@@H](Cc2ccc(F)cc2)C1)OCc1ccccc1. The second kappa shape index (κ2) is 11.5. The molecule has 32 heavy (non-hydrogen) atoms. The molecule has 0 bridgehead atoms. The van der Waals surface area contributed by atoms with Crippen molar-refractivity contribution in [2.45, 2.75) is 57.6 Å². The zero-order chi connectivity index (χ0) is 22.2. The van der Waals surface area contributed by atoms with Gasteiger partial charge in [-0.2, -0.15) is 0 Å². The first-order valence-corrected chi connectivity index (χ1v) is 12.1. The van der Waals surface area contributed by atoms with Crippen molar-refractivity contribution in [3.05, 3.63) is 71.5 Å². The fourth-order valence-corrected chi connectivity index (χ4v) is 5.30. The molecule has 2 aliphatic rings. The van der Waals surface area contributed by atoms with Gasteiger partial charge in [-0.3, -0.25) is 0 Å². The Labute approximate surface area is 191 Å². The molecule has 5 heteroatoms. The van der Waals surface area contributed by atoms with Gasteiger partial charge in [0.1, 0.15) is 12.4 Å². The van der Waals surface area contributed by atoms with Crippen LogP contribution in [0.3, 0.4) is 0 Å². The van der Waals surface area contributed by atoms with Crippen molar-refractivity contribution in [1.82, 2.24) is 10.2 Å². The van der Waals surface area contributed by atoms with E-state index in [1.807, 2.05) is 42.5 Å². The summed E-state index contributed by atoms with van der Waals surface area (Å²) in [6, 6.07) is 16.9. The van der Waals surface area contributed by atoms with Gasteiger partial charge in [0.05, 0.1) is 0 Å². The van der Waals surface area contributed by atoms with Crippen LogP contribution in [-0.2, 0) is 17.8 Å². The van der Waals surface area contributed by atoms with Gasteiger partial charge < -0.3 is 15.0 Å². The van der Waals surface area contributed by atoms with Gasteiger partial charge in [-0.25, -0.2) is 9.18 Å². The number of hydrogen-bond donors (Lipinski definition) is 1. The molecule has 1 amide bonds. The van der Waals surface area contributed by atoms with E-state index < -0.39 is 0 Å². The van der Waals surface area contributed by atoms with E-state index >= 15 is 0 Å². The Morgan fingerprint density at radius 1 is 0.969 bits per heavy atom. The minimum absolute atomic E-state index is 0.169. The minimum Gasteiger partial charge on any atom is -0.445 e. The van der Waals surface area contributed by atoms with E-state index in [-0.39, 0.29) is 18.0 Å². The first-order valence-electron chi connectivity index (χ1n) is 12.1. The molecule has 1 N–H and O–H groups in total. The van der Waals surface area contributed by atoms with Crippen molar-refractivity contribution in [2.24, 2.45) is 11.8 Å². The standard InChI is InChI=1S/C27H35FN2O2/c28-25-14-12-21(13-15-25)17-23-9-6-16-30(18-23)19-24-10-4-5-11-26(24)29-27(31)32-20-22-7-2-1-3-8-22/h1-3,7-8,12-15,23-24,26H,4-6,9-11,16-20H2,(H,29,31)/t23-,24-,26+/m0/s1. The molecule has 172 valence electrons. The lowest BCUT2D eigenvalue weighted by Crippen LogP contribution is -2.48. The molecule has 0 aromatic heterocycles. The number of alkyl carbamates (subject to hydrolysis) is 1. The van der Waals surface area contributed by atoms with Crippen molar-refractivity contribution < 1.29 is 13.9 Å². The number of nitrogens with one attached hydrogen (secondary N) is 1. The molecule has 1 aliphatic carbocycles. The van der Waals surface area contributed by atoms with Crippen LogP contribution in [0.4, 0.5) is 9.18 Å². The van der Waals surface area contributed by atoms with Crippen LogP contribution in [-0.4, -0.2) is 36.7 Å². The molecule has 1 saturated heterocycles. The number of halogens is 1. The number of carbonyl (C=O) groups excluding carboxylic acids is 1. The van der Waals surface area contributed by atoms with Crippen LogP contribution in [0, 0.1) is 17.7 Å². The molecular formula is C27H35FN2O2. The lowest BCUT2D eigenvalue weighted by molar-refractivity contribution is 0.104. The van der Waals surface area contributed by atoms with Crippen LogP contribution >= 0.6 is 0 Å². The minimum atomic E-state index is -0.307. The highest BCUT2D eigenvalue weighted by Gasteiger charge is 2.30. The summed E-state index contributed by atoms with van der Waals surface area (Å²) in [5, 5.41) is 3.16. The molecule has 1 heterocycles. The number of hydrogen-bond acceptors (Lipinski definition) is 3. The number of ether oxygens (including phenoxy) is 1. The third-order valence-electron chi connectivity index (χ3n) is 6.96. The number of benzene rings is 2. The maximum atomic E-state index is 13.2. The molecule has 2 aromatic carbocycles. The van der Waals surface area contributed by atoms with Gasteiger partial charge in [-0.1, -0.05) is 55.3 Å². The molecule has 1 saturated carbocycles. The van der Waals surface area contributed by atoms with Crippen LogP contribution in [0.25, 0.3) is 0 Å². The average Bonchev–Trinajstić information content (AvgIpc) is 2.81. The lowest BCUT2D eigenvalue weighted by Gasteiger charge is -2.39. The van der Waals surface area contributed by atoms with Crippen LogP contribution in [0.5, 0.6) is 0 Å². The number of rotatable bonds is 7. The van der Waals surface area contributed by atoms with Gasteiger partial charge in [-0.15, -0.1) is 0 Å². The summed E-state index contributed by atoms with van der Waals surface area (Å²) in [5.41, 5.74) is 2.22. The van der Waals surface area contributed by atoms with Crippen molar-refractivity contribution in [2.75, 3.05) is 19.6 Å². The first kappa shape index (κ1) is 22.8. The fourth-order valence-electron chi connectivity index (χ4n) is 5.30. The van der Waals surface area contributed by atoms with E-state index in [1.54, 1.807) is 12.1 Å². The zero-order valence-electron chi connectivity index (χ0n) is 18.8. The maximum absolute atomic E-state index is 13.2. The van der Waals surface area contributed by atoms with Crippen LogP contribution in [0.1, 0.15) is 49.7 Å². The van der Waals surface area contributed by atoms with E-state index in [9.17, 15) is 9.18 Å². The maximum Gasteiger partial charge on any atom is 0.407 e. The van der Waals surface area contributed by atoms with Gasteiger partial charge in [0.25, 0.3) is 0 Å². The van der Waals surface area contributed by atoms with Gasteiger partial charge in [0.2, 0.25) is 0 Å². The summed E-state index contributed by atoms with van der Waals surface area (Å²) in [4.78, 5) is 15.0. The van der Waals surface area contributed by atoms with E-state index in [2.05, 4.69) is 10.2 Å². The number of likely N-dealkylation sites (tertiary alicyclic amines) is 1. The van der Waals surface area contributed by atoms with Gasteiger partial charge >= 0.3 is 6.09 Å². The van der Waals surface area contributed by atoms with Crippen LogP contribution in [0.15, 0.2) is 54.6 Å². The van der Waals surface area contributed by atoms with Crippen molar-refractivity contribution in [3.8, 4) is 0 Å². The summed E-state index contributed by atoms with van der Waals surface area (Å²) in [5.74, 6) is 0.912. The summed E-state index contributed by atoms with van der Waals surface area (Å²) in [6.07, 6.45) is 7.71. The molecule has 4 rings (SSSR count). The van der Waals surface area contributed by atoms with Crippen molar-refractivity contribution in [3.63, 3.8) is 0 Å². The highest BCUT2D eigenvalue weighted by molar-refractivity contribution is 5.67. The van der Waals surface area contributed by atoms with Gasteiger partial charge in [0, 0.05) is 19.1 Å². The Morgan fingerprint density at radius 2 is 1.75 bits per heavy atom. The topological polar surface area (TPSA) is 41.6 Å². The second-order valence-corrected chi connectivity index (χ2v) is 9.46. The number of piperidine rings is 1. The predicted octanol–water partition coefficient (Wildman–Crippen LogP) is 5.57. The van der Waals surface area contributed by atoms with Crippen LogP contribution in [0.2, 0.25) is 0 Å². The Balaban J connectivity index is 1.26. The molecular weight excluding hydrogens is 403 g/mol. The van der Waals surface area contributed by atoms with Gasteiger partial charge in [-0.05, 0) is 73.7 Å². The summed E-state index contributed by atoms with van der Waals surface area (Å²) < 4.78 is 18.7. The van der Waals surface area contributed by atoms with E-state index in [4.69, 9.17) is 4.74 Å². The highest BCUT2D eigenvalue weighted by Crippen LogP contribution is 2.28. The Bertz CT molecular complexity index is 842. The first-order chi connectivity index (χ1) is 15.7. The van der Waals surface area contributed by atoms with Crippen molar-refractivity contribution >= 4 is 6.09 Å². The molecule has 2 aromatic rings. The molecule has 0 spiro atoms. The smallest absolute Gasteiger partial charge is 0.407 e. The molecule has 2 fully saturated rings. The Hall–Kier alpha value is -2.40. The molecule has 0 unspecified atom stereocenters. The molecule has 0 radical (unpaired) electrons. The number of carbonyl (C=O) groups is 1. The third-order valence-corrected chi connectivity index (χ3v) is 6.96. The summed E-state index contributed by atoms with van der Waals surface area (Å²) >= 11 is 0. The Morgan fingerprint density at radius 3 is 2.56 bits per heavy atom. The summed E-state index contributed by atoms with van der Waals surface area (Å²) in [6.45, 7) is 3.55. The lowest BCUT2D eigenvalue weighted by atomic mass is 9.83. The fraction of sp³-hybridized carbons (Fsp3) is 0.519. The van der Waals surface area contributed by atoms with Gasteiger partial charge in [0.15, 0.2) is 0 Å². The normalized spacial score (nSPS) is 24.1. The third kappa shape index (κ3) is 6.80. The molecule has 1 aliphatic heterocycles. The average molecular weight is 439 g/mol. The second-order valence-electron chi connectivity index (χ2n) is 9.46. The zero-order valence-corrected chi connectivity index (χ0v) is 18.8. The summed E-state index contributed by atoms with van der Waals surface area (Å²) in [7, 11) is 0. The quantitative estimate of drug-likeness (QED) is 0.615. The van der Waals surface area contributed by atoms with E-state index in [0.717, 1.165) is 50.9 Å². The highest BCUT2D eigenvalue weighted by atomic mass is 19.1. The Kier molecular flexibility index (Phi) is 8.16. The van der Waals surface area contributed by atoms with E-state index in [0.29, 0.717) is 18.4 Å².